The van der Waals surface area contributed by atoms with Crippen molar-refractivity contribution < 1.29 is 9.59 Å². The molecule has 0 N–H and O–H groups in total. The first-order chi connectivity index (χ1) is 10.3. The molecule has 1 aromatic heterocycles. The number of likely N-dealkylation sites (N-methyl/N-ethyl adjacent to an activating group) is 2. The van der Waals surface area contributed by atoms with E-state index in [-0.39, 0.29) is 18.4 Å². The number of pyridine rings is 1. The van der Waals surface area contributed by atoms with Crippen LogP contribution in [0.25, 0.3) is 10.9 Å². The van der Waals surface area contributed by atoms with Gasteiger partial charge in [-0.25, -0.2) is 0 Å². The molecule has 0 aliphatic heterocycles. The largest absolute Gasteiger partial charge is 0.347 e. The topological polar surface area (TPSA) is 53.5 Å². The molecule has 5 heteroatoms. The van der Waals surface area contributed by atoms with E-state index < -0.39 is 0 Å². The van der Waals surface area contributed by atoms with Crippen LogP contribution in [0.3, 0.4) is 0 Å². The Kier molecular flexibility index (Phi) is 4.45. The Morgan fingerprint density at radius 1 is 1.09 bits per heavy atom. The van der Waals surface area contributed by atoms with Gasteiger partial charge in [0.15, 0.2) is 0 Å². The van der Waals surface area contributed by atoms with Crippen molar-refractivity contribution in [2.24, 2.45) is 0 Å². The van der Waals surface area contributed by atoms with Gasteiger partial charge in [0.2, 0.25) is 5.91 Å². The number of aromatic nitrogens is 1. The second-order valence-corrected chi connectivity index (χ2v) is 5.66. The third-order valence-electron chi connectivity index (χ3n) is 3.76. The van der Waals surface area contributed by atoms with Gasteiger partial charge in [-0.3, -0.25) is 14.6 Å². The van der Waals surface area contributed by atoms with Crippen LogP contribution in [0.4, 0.5) is 0 Å². The van der Waals surface area contributed by atoms with Crippen molar-refractivity contribution in [3.8, 4) is 0 Å². The Labute approximate surface area is 130 Å². The zero-order valence-corrected chi connectivity index (χ0v) is 13.7. The van der Waals surface area contributed by atoms with Crippen LogP contribution in [0, 0.1) is 13.8 Å². The van der Waals surface area contributed by atoms with Crippen molar-refractivity contribution in [2.45, 2.75) is 13.8 Å². The molecule has 1 aromatic carbocycles. The standard InChI is InChI=1S/C17H21N3O2/c1-11-13-8-6-7-9-14(13)18-12(2)16(11)17(22)20(5)10-15(21)19(3)4/h6-9H,10H2,1-5H3. The van der Waals surface area contributed by atoms with Gasteiger partial charge in [-0.05, 0) is 25.5 Å². The number of hydrogen-bond donors (Lipinski definition) is 0. The Morgan fingerprint density at radius 3 is 2.36 bits per heavy atom. The lowest BCUT2D eigenvalue weighted by molar-refractivity contribution is -0.129. The summed E-state index contributed by atoms with van der Waals surface area (Å²) in [6.45, 7) is 3.80. The summed E-state index contributed by atoms with van der Waals surface area (Å²) in [5, 5.41) is 0.962. The van der Waals surface area contributed by atoms with E-state index in [1.165, 1.54) is 9.80 Å². The maximum Gasteiger partial charge on any atom is 0.256 e. The Bertz CT molecular complexity index is 738. The first kappa shape index (κ1) is 15.9. The maximum atomic E-state index is 12.7. The molecular formula is C17H21N3O2. The molecule has 22 heavy (non-hydrogen) atoms. The molecule has 2 aromatic rings. The molecule has 0 fully saturated rings. The van der Waals surface area contributed by atoms with Crippen LogP contribution in [-0.2, 0) is 4.79 Å². The van der Waals surface area contributed by atoms with Crippen molar-refractivity contribution in [3.63, 3.8) is 0 Å². The normalized spacial score (nSPS) is 10.6. The fraction of sp³-hybridized carbons (Fsp3) is 0.353. The van der Waals surface area contributed by atoms with E-state index in [1.54, 1.807) is 21.1 Å². The van der Waals surface area contributed by atoms with Gasteiger partial charge < -0.3 is 9.80 Å². The number of para-hydroxylation sites is 1. The molecule has 1 heterocycles. The molecule has 0 aliphatic carbocycles. The highest BCUT2D eigenvalue weighted by molar-refractivity contribution is 6.02. The summed E-state index contributed by atoms with van der Waals surface area (Å²) >= 11 is 0. The maximum absolute atomic E-state index is 12.7. The molecule has 0 atom stereocenters. The van der Waals surface area contributed by atoms with Gasteiger partial charge in [-0.1, -0.05) is 18.2 Å². The third-order valence-corrected chi connectivity index (χ3v) is 3.76. The number of amides is 2. The summed E-state index contributed by atoms with van der Waals surface area (Å²) in [7, 11) is 4.99. The van der Waals surface area contributed by atoms with Gasteiger partial charge in [-0.2, -0.15) is 0 Å². The highest BCUT2D eigenvalue weighted by Crippen LogP contribution is 2.23. The van der Waals surface area contributed by atoms with E-state index in [0.29, 0.717) is 11.3 Å². The summed E-state index contributed by atoms with van der Waals surface area (Å²) < 4.78 is 0. The molecular weight excluding hydrogens is 278 g/mol. The average molecular weight is 299 g/mol. The monoisotopic (exact) mass is 299 g/mol. The molecule has 0 saturated carbocycles. The van der Waals surface area contributed by atoms with Gasteiger partial charge in [0, 0.05) is 26.5 Å². The van der Waals surface area contributed by atoms with Crippen LogP contribution in [0.1, 0.15) is 21.6 Å². The highest BCUT2D eigenvalue weighted by atomic mass is 16.2. The van der Waals surface area contributed by atoms with Crippen molar-refractivity contribution in [1.82, 2.24) is 14.8 Å². The van der Waals surface area contributed by atoms with Crippen LogP contribution in [0.15, 0.2) is 24.3 Å². The van der Waals surface area contributed by atoms with Crippen LogP contribution >= 0.6 is 0 Å². The predicted octanol–water partition coefficient (Wildman–Crippen LogP) is 2.01. The summed E-state index contributed by atoms with van der Waals surface area (Å²) in [6, 6.07) is 7.75. The lowest BCUT2D eigenvalue weighted by Gasteiger charge is -2.21. The van der Waals surface area contributed by atoms with Gasteiger partial charge in [0.25, 0.3) is 5.91 Å². The molecule has 0 unspecified atom stereocenters. The molecule has 116 valence electrons. The van der Waals surface area contributed by atoms with Gasteiger partial charge in [0.1, 0.15) is 0 Å². The number of rotatable bonds is 3. The van der Waals surface area contributed by atoms with Gasteiger partial charge in [-0.15, -0.1) is 0 Å². The summed E-state index contributed by atoms with van der Waals surface area (Å²) in [4.78, 5) is 31.9. The van der Waals surface area contributed by atoms with Crippen LogP contribution in [0.5, 0.6) is 0 Å². The Balaban J connectivity index is 2.41. The minimum atomic E-state index is -0.177. The summed E-state index contributed by atoms with van der Waals surface area (Å²) in [5.74, 6) is -0.289. The summed E-state index contributed by atoms with van der Waals surface area (Å²) in [5.41, 5.74) is 3.04. The number of aryl methyl sites for hydroxylation is 2. The van der Waals surface area contributed by atoms with Crippen molar-refractivity contribution in [2.75, 3.05) is 27.7 Å². The SMILES string of the molecule is Cc1nc2ccccc2c(C)c1C(=O)N(C)CC(=O)N(C)C. The molecule has 0 spiro atoms. The average Bonchev–Trinajstić information content (AvgIpc) is 2.46. The van der Waals surface area contributed by atoms with Gasteiger partial charge >= 0.3 is 0 Å². The van der Waals surface area contributed by atoms with Crippen LogP contribution in [-0.4, -0.2) is 54.3 Å². The number of benzene rings is 1. The number of carbonyl (C=O) groups excluding carboxylic acids is 2. The van der Waals surface area contributed by atoms with Crippen molar-refractivity contribution in [1.29, 1.82) is 0 Å². The fourth-order valence-electron chi connectivity index (χ4n) is 2.45. The highest BCUT2D eigenvalue weighted by Gasteiger charge is 2.21. The number of fused-ring (bicyclic) bond motifs is 1. The third kappa shape index (κ3) is 2.93. The first-order valence-corrected chi connectivity index (χ1v) is 7.14. The van der Waals surface area contributed by atoms with Crippen LogP contribution in [0.2, 0.25) is 0 Å². The molecule has 0 radical (unpaired) electrons. The molecule has 0 bridgehead atoms. The van der Waals surface area contributed by atoms with E-state index in [0.717, 1.165) is 16.5 Å². The predicted molar refractivity (Wildman–Crippen MR) is 86.9 cm³/mol. The zero-order chi connectivity index (χ0) is 16.4. The number of hydrogen-bond acceptors (Lipinski definition) is 3. The fourth-order valence-corrected chi connectivity index (χ4v) is 2.45. The minimum Gasteiger partial charge on any atom is -0.347 e. The molecule has 2 amide bonds. The first-order valence-electron chi connectivity index (χ1n) is 7.14. The minimum absolute atomic E-state index is 0.0531. The van der Waals surface area contributed by atoms with E-state index in [2.05, 4.69) is 4.98 Å². The van der Waals surface area contributed by atoms with Crippen LogP contribution < -0.4 is 0 Å². The number of nitrogens with zero attached hydrogens (tertiary/aromatic N) is 3. The number of carbonyl (C=O) groups is 2. The molecule has 5 nitrogen and oxygen atoms in total. The Morgan fingerprint density at radius 2 is 1.73 bits per heavy atom. The molecule has 0 saturated heterocycles. The lowest BCUT2D eigenvalue weighted by Crippen LogP contribution is -2.38. The van der Waals surface area contributed by atoms with E-state index in [9.17, 15) is 9.59 Å². The summed E-state index contributed by atoms with van der Waals surface area (Å²) in [6.07, 6.45) is 0. The van der Waals surface area contributed by atoms with E-state index >= 15 is 0 Å². The van der Waals surface area contributed by atoms with Crippen molar-refractivity contribution in [3.05, 3.63) is 41.1 Å². The Hall–Kier alpha value is -2.43. The van der Waals surface area contributed by atoms with E-state index in [4.69, 9.17) is 0 Å². The quantitative estimate of drug-likeness (QED) is 0.871. The smallest absolute Gasteiger partial charge is 0.256 e. The van der Waals surface area contributed by atoms with Gasteiger partial charge in [0.05, 0.1) is 23.3 Å². The molecule has 2 rings (SSSR count). The van der Waals surface area contributed by atoms with E-state index in [1.807, 2.05) is 38.1 Å². The molecule has 0 aliphatic rings. The second-order valence-electron chi connectivity index (χ2n) is 5.66. The zero-order valence-electron chi connectivity index (χ0n) is 13.7. The van der Waals surface area contributed by atoms with Crippen molar-refractivity contribution >= 4 is 22.7 Å². The second kappa shape index (κ2) is 6.13. The lowest BCUT2D eigenvalue weighted by atomic mass is 10.0.